The van der Waals surface area contributed by atoms with Gasteiger partial charge in [0.05, 0.1) is 0 Å². The molecule has 0 heterocycles. The third-order valence-corrected chi connectivity index (χ3v) is 3.42. The molecule has 3 rings (SSSR count). The van der Waals surface area contributed by atoms with Gasteiger partial charge in [0, 0.05) is 11.6 Å². The lowest BCUT2D eigenvalue weighted by Gasteiger charge is -2.07. The lowest BCUT2D eigenvalue weighted by Crippen LogP contribution is -1.90. The Morgan fingerprint density at radius 3 is 2.19 bits per heavy atom. The fourth-order valence-electron chi connectivity index (χ4n) is 2.40. The summed E-state index contributed by atoms with van der Waals surface area (Å²) in [6.07, 6.45) is 0.789. The van der Waals surface area contributed by atoms with Crippen LogP contribution in [-0.4, -0.2) is 0 Å². The number of hydrogen-bond acceptors (Lipinski definition) is 0. The standard InChI is InChI=1S/C19H14F2/c20-17-9-10-18(19(21)13-17)16-8-4-7-15(12-16)11-14-5-2-1-3-6-14/h1-10,12-13H,11H2. The fourth-order valence-corrected chi connectivity index (χ4v) is 2.40. The summed E-state index contributed by atoms with van der Waals surface area (Å²) in [4.78, 5) is 0. The molecule has 104 valence electrons. The Labute approximate surface area is 122 Å². The molecule has 0 spiro atoms. The fraction of sp³-hybridized carbons (Fsp3) is 0.0526. The molecule has 0 N–H and O–H groups in total. The molecule has 0 aromatic heterocycles. The first-order chi connectivity index (χ1) is 10.2. The topological polar surface area (TPSA) is 0 Å². The van der Waals surface area contributed by atoms with Crippen LogP contribution in [0.3, 0.4) is 0 Å². The van der Waals surface area contributed by atoms with Crippen molar-refractivity contribution in [3.8, 4) is 11.1 Å². The summed E-state index contributed by atoms with van der Waals surface area (Å²) in [7, 11) is 0. The van der Waals surface area contributed by atoms with Crippen molar-refractivity contribution in [2.75, 3.05) is 0 Å². The van der Waals surface area contributed by atoms with Crippen molar-refractivity contribution in [1.82, 2.24) is 0 Å². The quantitative estimate of drug-likeness (QED) is 0.617. The highest BCUT2D eigenvalue weighted by atomic mass is 19.1. The van der Waals surface area contributed by atoms with Crippen LogP contribution >= 0.6 is 0 Å². The van der Waals surface area contributed by atoms with Crippen molar-refractivity contribution >= 4 is 0 Å². The summed E-state index contributed by atoms with van der Waals surface area (Å²) in [5.74, 6) is -1.09. The Morgan fingerprint density at radius 1 is 0.667 bits per heavy atom. The van der Waals surface area contributed by atoms with Gasteiger partial charge in [-0.15, -0.1) is 0 Å². The molecule has 0 saturated carbocycles. The first-order valence-electron chi connectivity index (χ1n) is 6.81. The summed E-state index contributed by atoms with van der Waals surface area (Å²) in [6, 6.07) is 21.5. The van der Waals surface area contributed by atoms with Crippen molar-refractivity contribution in [2.24, 2.45) is 0 Å². The van der Waals surface area contributed by atoms with Crippen LogP contribution in [0.15, 0.2) is 72.8 Å². The van der Waals surface area contributed by atoms with Crippen molar-refractivity contribution in [3.05, 3.63) is 95.6 Å². The van der Waals surface area contributed by atoms with Crippen LogP contribution in [0.25, 0.3) is 11.1 Å². The van der Waals surface area contributed by atoms with Gasteiger partial charge in [-0.05, 0) is 35.2 Å². The van der Waals surface area contributed by atoms with E-state index in [9.17, 15) is 8.78 Å². The second-order valence-electron chi connectivity index (χ2n) is 4.99. The van der Waals surface area contributed by atoms with Crippen LogP contribution in [0.2, 0.25) is 0 Å². The van der Waals surface area contributed by atoms with Gasteiger partial charge < -0.3 is 0 Å². The predicted octanol–water partition coefficient (Wildman–Crippen LogP) is 5.22. The molecule has 0 fully saturated rings. The van der Waals surface area contributed by atoms with Crippen LogP contribution in [0.4, 0.5) is 8.78 Å². The smallest absolute Gasteiger partial charge is 0.133 e. The zero-order chi connectivity index (χ0) is 14.7. The van der Waals surface area contributed by atoms with Gasteiger partial charge in [-0.3, -0.25) is 0 Å². The average molecular weight is 280 g/mol. The molecular weight excluding hydrogens is 266 g/mol. The molecule has 2 heteroatoms. The van der Waals surface area contributed by atoms with E-state index in [0.29, 0.717) is 5.56 Å². The van der Waals surface area contributed by atoms with E-state index in [1.807, 2.05) is 42.5 Å². The van der Waals surface area contributed by atoms with Gasteiger partial charge in [0.1, 0.15) is 11.6 Å². The van der Waals surface area contributed by atoms with Crippen molar-refractivity contribution in [3.63, 3.8) is 0 Å². The van der Waals surface area contributed by atoms with E-state index in [-0.39, 0.29) is 0 Å². The number of hydrogen-bond donors (Lipinski definition) is 0. The molecule has 0 atom stereocenters. The van der Waals surface area contributed by atoms with Crippen LogP contribution in [0.5, 0.6) is 0 Å². The Morgan fingerprint density at radius 2 is 1.43 bits per heavy atom. The second-order valence-corrected chi connectivity index (χ2v) is 4.99. The lowest BCUT2D eigenvalue weighted by atomic mass is 9.99. The van der Waals surface area contributed by atoms with Crippen molar-refractivity contribution in [1.29, 1.82) is 0 Å². The summed E-state index contributed by atoms with van der Waals surface area (Å²) in [5.41, 5.74) is 3.49. The van der Waals surface area contributed by atoms with Gasteiger partial charge >= 0.3 is 0 Å². The first kappa shape index (κ1) is 13.5. The largest absolute Gasteiger partial charge is 0.207 e. The SMILES string of the molecule is Fc1ccc(-c2cccc(Cc3ccccc3)c2)c(F)c1. The summed E-state index contributed by atoms with van der Waals surface area (Å²) in [6.45, 7) is 0. The van der Waals surface area contributed by atoms with Gasteiger partial charge in [0.25, 0.3) is 0 Å². The Balaban J connectivity index is 1.93. The average Bonchev–Trinajstić information content (AvgIpc) is 2.48. The van der Waals surface area contributed by atoms with Crippen LogP contribution < -0.4 is 0 Å². The van der Waals surface area contributed by atoms with Crippen LogP contribution in [-0.2, 0) is 6.42 Å². The molecular formula is C19H14F2. The zero-order valence-electron chi connectivity index (χ0n) is 11.4. The number of rotatable bonds is 3. The van der Waals surface area contributed by atoms with Gasteiger partial charge in [-0.1, -0.05) is 54.6 Å². The monoisotopic (exact) mass is 280 g/mol. The molecule has 0 aliphatic rings. The minimum atomic E-state index is -0.559. The summed E-state index contributed by atoms with van der Waals surface area (Å²) < 4.78 is 26.8. The summed E-state index contributed by atoms with van der Waals surface area (Å²) >= 11 is 0. The van der Waals surface area contributed by atoms with E-state index in [1.165, 1.54) is 17.7 Å². The highest BCUT2D eigenvalue weighted by Gasteiger charge is 2.07. The molecule has 0 radical (unpaired) electrons. The molecule has 3 aromatic carbocycles. The third-order valence-electron chi connectivity index (χ3n) is 3.42. The lowest BCUT2D eigenvalue weighted by molar-refractivity contribution is 0.585. The van der Waals surface area contributed by atoms with E-state index >= 15 is 0 Å². The van der Waals surface area contributed by atoms with Crippen LogP contribution in [0.1, 0.15) is 11.1 Å². The number of benzene rings is 3. The minimum absolute atomic E-state index is 0.423. The highest BCUT2D eigenvalue weighted by Crippen LogP contribution is 2.25. The normalized spacial score (nSPS) is 10.6. The highest BCUT2D eigenvalue weighted by molar-refractivity contribution is 5.65. The molecule has 0 aliphatic heterocycles. The molecule has 0 bridgehead atoms. The van der Waals surface area contributed by atoms with Crippen molar-refractivity contribution in [2.45, 2.75) is 6.42 Å². The van der Waals surface area contributed by atoms with Gasteiger partial charge in [-0.2, -0.15) is 0 Å². The zero-order valence-corrected chi connectivity index (χ0v) is 11.4. The van der Waals surface area contributed by atoms with E-state index < -0.39 is 11.6 Å². The third kappa shape index (κ3) is 3.16. The second kappa shape index (κ2) is 5.88. The van der Waals surface area contributed by atoms with Gasteiger partial charge in [0.2, 0.25) is 0 Å². The Bertz CT molecular complexity index is 749. The maximum atomic E-state index is 13.9. The van der Waals surface area contributed by atoms with E-state index in [0.717, 1.165) is 23.6 Å². The Hall–Kier alpha value is -2.48. The molecule has 0 amide bonds. The number of halogens is 2. The summed E-state index contributed by atoms with van der Waals surface area (Å²) in [5, 5.41) is 0. The van der Waals surface area contributed by atoms with E-state index in [4.69, 9.17) is 0 Å². The molecule has 0 saturated heterocycles. The maximum Gasteiger partial charge on any atom is 0.133 e. The molecule has 21 heavy (non-hydrogen) atoms. The molecule has 0 nitrogen and oxygen atoms in total. The maximum absolute atomic E-state index is 13.9. The van der Waals surface area contributed by atoms with E-state index in [1.54, 1.807) is 0 Å². The minimum Gasteiger partial charge on any atom is -0.207 e. The van der Waals surface area contributed by atoms with Crippen molar-refractivity contribution < 1.29 is 8.78 Å². The Kier molecular flexibility index (Phi) is 3.78. The molecule has 0 aliphatic carbocycles. The van der Waals surface area contributed by atoms with Crippen LogP contribution in [0, 0.1) is 11.6 Å². The van der Waals surface area contributed by atoms with E-state index in [2.05, 4.69) is 12.1 Å². The first-order valence-corrected chi connectivity index (χ1v) is 6.81. The molecule has 3 aromatic rings. The van der Waals surface area contributed by atoms with Gasteiger partial charge in [0.15, 0.2) is 0 Å². The van der Waals surface area contributed by atoms with Gasteiger partial charge in [-0.25, -0.2) is 8.78 Å². The predicted molar refractivity (Wildman–Crippen MR) is 81.0 cm³/mol. The molecule has 0 unspecified atom stereocenters.